The first-order chi connectivity index (χ1) is 53.9. The number of carboxylic acid groups (broad SMARTS) is 3. The van der Waals surface area contributed by atoms with Crippen molar-refractivity contribution < 1.29 is 121 Å². The lowest BCUT2D eigenvalue weighted by Crippen LogP contribution is -2.61. The molecule has 0 unspecified atom stereocenters. The van der Waals surface area contributed by atoms with Gasteiger partial charge in [-0.3, -0.25) is 91.1 Å². The number of cyclic esters (lactones) is 1. The number of Topliss-reactive ketones (excluding diaryl/α,β-unsaturated/α-hetero) is 1. The van der Waals surface area contributed by atoms with Crippen LogP contribution < -0.4 is 92.1 Å². The fourth-order valence-electron chi connectivity index (χ4n) is 11.5. The molecule has 3 aromatic rings. The van der Waals surface area contributed by atoms with Crippen LogP contribution in [0.2, 0.25) is 0 Å². The van der Waals surface area contributed by atoms with E-state index in [0.717, 1.165) is 46.0 Å². The van der Waals surface area contributed by atoms with Crippen LogP contribution in [0.5, 0.6) is 0 Å². The number of amides is 15. The molecule has 4 rings (SSSR count). The lowest BCUT2D eigenvalue weighted by Gasteiger charge is -2.29. The maximum Gasteiger partial charge on any atom is 0.329 e. The van der Waals surface area contributed by atoms with Gasteiger partial charge >= 0.3 is 23.9 Å². The molecule has 0 saturated carbocycles. The van der Waals surface area contributed by atoms with Crippen molar-refractivity contribution in [2.75, 3.05) is 32.0 Å². The summed E-state index contributed by atoms with van der Waals surface area (Å²) in [5.74, 6) is -27.4. The summed E-state index contributed by atoms with van der Waals surface area (Å²) >= 11 is 0. The highest BCUT2D eigenvalue weighted by Gasteiger charge is 2.40. The van der Waals surface area contributed by atoms with Crippen molar-refractivity contribution in [3.8, 4) is 0 Å². The Labute approximate surface area is 651 Å². The second-order valence-corrected chi connectivity index (χ2v) is 26.8. The standard InChI is InChI=1S/C71H100N18O25/c1-4-5-6-7-8-9-10-21-54(94)81-44(25-37-31-76-41-19-14-12-16-38(37)41)66(108)85-45(27-53(75)93)67(109)87-48(30-59(101)102)68(110)89-60-36(3)114-71(113)49(26-51(91)39-17-11-13-18-40(39)73)88-64(106)43(22-23-52(74)92)83-69(111)50(34-90)82-56(96)32-77-62(104)46(28-57(97)98)84-61(103)35(2)79-65(107)47(29-58(99)100)86-63(105)42(20-15-24-72)80-55(95)33-78-70(60)112/h11-14,16-19,31,35-36,42-50,60,76,90H,4-10,15,20-30,32-34,72-73H2,1-3H3,(H2,74,92)(H2,75,93)(H,77,104)(H,78,112)(H,79,107)(H,80,95)(H,81,94)(H,82,96)(H,83,111)(H,84,103)(H,85,108)(H,86,105)(H,87,109)(H,88,106)(H,89,110)(H,97,98)(H,99,100)(H,101,102)/t35-,36-,42+,43+,44+,45+,46+,47+,48+,49+,50-,60+/m1/s1. The number of aromatic nitrogens is 1. The molecule has 1 aliphatic rings. The predicted octanol–water partition coefficient (Wildman–Crippen LogP) is -6.47. The number of ketones is 1. The number of carbonyl (C=O) groups excluding carboxylic acids is 17. The molecule has 1 aliphatic heterocycles. The van der Waals surface area contributed by atoms with Crippen LogP contribution in [-0.2, 0) is 102 Å². The van der Waals surface area contributed by atoms with Gasteiger partial charge in [0.25, 0.3) is 0 Å². The first-order valence-corrected chi connectivity index (χ1v) is 36.5. The van der Waals surface area contributed by atoms with Crippen LogP contribution in [0.1, 0.15) is 146 Å². The van der Waals surface area contributed by atoms with Crippen LogP contribution in [0.25, 0.3) is 10.9 Å². The van der Waals surface area contributed by atoms with Crippen molar-refractivity contribution in [1.29, 1.82) is 0 Å². The van der Waals surface area contributed by atoms with Gasteiger partial charge in [0.05, 0.1) is 45.4 Å². The molecule has 0 spiro atoms. The minimum Gasteiger partial charge on any atom is -0.481 e. The largest absolute Gasteiger partial charge is 0.481 e. The number of anilines is 1. The first kappa shape index (κ1) is 93.7. The second-order valence-electron chi connectivity index (χ2n) is 26.8. The number of esters is 1. The first-order valence-electron chi connectivity index (χ1n) is 36.5. The molecule has 43 nitrogen and oxygen atoms in total. The number of nitrogen functional groups attached to an aromatic ring is 1. The average molecular weight is 1610 g/mol. The van der Waals surface area contributed by atoms with Crippen molar-refractivity contribution in [3.63, 3.8) is 0 Å². The molecular weight excluding hydrogens is 1500 g/mol. The minimum atomic E-state index is -2.43. The number of carbonyl (C=O) groups is 20. The molecular formula is C71H100N18O25. The number of aliphatic hydroxyl groups excluding tert-OH is 1. The Kier molecular flexibility index (Phi) is 39.0. The fraction of sp³-hybridized carbons (Fsp3) is 0.521. The molecule has 0 bridgehead atoms. The Hall–Kier alpha value is -12.7. The van der Waals surface area contributed by atoms with Gasteiger partial charge in [-0.25, -0.2) is 4.79 Å². The highest BCUT2D eigenvalue weighted by atomic mass is 16.5. The van der Waals surface area contributed by atoms with Crippen LogP contribution in [0.4, 0.5) is 5.69 Å². The third kappa shape index (κ3) is 32.3. The lowest BCUT2D eigenvalue weighted by atomic mass is 10.0. The van der Waals surface area contributed by atoms with Gasteiger partial charge in [-0.05, 0) is 69.8 Å². The van der Waals surface area contributed by atoms with E-state index in [1.54, 1.807) is 30.5 Å². The summed E-state index contributed by atoms with van der Waals surface area (Å²) in [6, 6.07) is -10.2. The summed E-state index contributed by atoms with van der Waals surface area (Å²) in [5, 5.41) is 68.8. The van der Waals surface area contributed by atoms with Crippen molar-refractivity contribution in [1.82, 2.24) is 74.1 Å². The summed E-state index contributed by atoms with van der Waals surface area (Å²) in [6.45, 7) is 0.107. The second kappa shape index (κ2) is 47.5. The maximum absolute atomic E-state index is 14.8. The topological polar surface area (TPSA) is 708 Å². The number of aliphatic hydroxyl groups is 1. The highest BCUT2D eigenvalue weighted by molar-refractivity contribution is 6.05. The van der Waals surface area contributed by atoms with Gasteiger partial charge in [-0.2, -0.15) is 0 Å². The summed E-state index contributed by atoms with van der Waals surface area (Å²) in [6.07, 6.45) is -2.71. The van der Waals surface area contributed by atoms with Crippen LogP contribution in [0.15, 0.2) is 54.7 Å². The number of fused-ring (bicyclic) bond motifs is 1. The Morgan fingerprint density at radius 2 is 1.05 bits per heavy atom. The maximum atomic E-state index is 14.8. The molecule has 2 aromatic carbocycles. The van der Waals surface area contributed by atoms with Crippen LogP contribution in [0.3, 0.4) is 0 Å². The number of nitrogens with one attached hydrogen (secondary N) is 14. The smallest absolute Gasteiger partial charge is 0.329 e. The summed E-state index contributed by atoms with van der Waals surface area (Å²) in [5.41, 5.74) is 23.5. The van der Waals surface area contributed by atoms with Gasteiger partial charge in [0.2, 0.25) is 88.6 Å². The molecule has 1 aromatic heterocycles. The SMILES string of the molecule is CCCCCCCCCC(=O)N[C@@H](Cc1c[nH]c2ccccc12)C(=O)N[C@@H](CC(N)=O)C(=O)N[C@@H](CC(=O)O)C(=O)N[C@@H]1C(=O)NCC(=O)N[C@@H](CCCN)C(=O)N[C@@H](CC(=O)O)C(=O)N[C@H](C)C(=O)N[C@@H](CC(=O)O)C(=O)NCC(=O)N[C@H](CO)C(=O)N[C@@H](CCC(N)=O)C(=O)N[C@@H](CC(=O)c2ccccc2N)C(=O)O[C@@H]1C. The van der Waals surface area contributed by atoms with Gasteiger partial charge in [-0.1, -0.05) is 75.8 Å². The van der Waals surface area contributed by atoms with E-state index >= 15 is 0 Å². The summed E-state index contributed by atoms with van der Waals surface area (Å²) in [7, 11) is 0. The van der Waals surface area contributed by atoms with Crippen LogP contribution in [0, 0.1) is 0 Å². The molecule has 1 fully saturated rings. The molecule has 15 amide bonds. The van der Waals surface area contributed by atoms with Gasteiger partial charge in [-0.15, -0.1) is 0 Å². The highest BCUT2D eigenvalue weighted by Crippen LogP contribution is 2.21. The van der Waals surface area contributed by atoms with Gasteiger partial charge in [0.1, 0.15) is 72.6 Å². The number of nitrogens with two attached hydrogens (primary N) is 4. The number of rotatable bonds is 35. The number of ether oxygens (including phenoxy) is 1. The number of unbranched alkanes of at least 4 members (excludes halogenated alkanes) is 6. The molecule has 114 heavy (non-hydrogen) atoms. The van der Waals surface area contributed by atoms with Crippen molar-refractivity contribution in [2.45, 2.75) is 209 Å². The zero-order chi connectivity index (χ0) is 84.9. The number of aromatic amines is 1. The molecule has 1 saturated heterocycles. The Bertz CT molecular complexity index is 4000. The normalized spacial score (nSPS) is 21.0. The third-order valence-corrected chi connectivity index (χ3v) is 17.5. The van der Waals surface area contributed by atoms with Gasteiger partial charge < -0.3 is 122 Å². The lowest BCUT2D eigenvalue weighted by molar-refractivity contribution is -0.156. The van der Waals surface area contributed by atoms with Gasteiger partial charge in [0.15, 0.2) is 5.78 Å². The van der Waals surface area contributed by atoms with E-state index in [9.17, 15) is 116 Å². The molecule has 12 atom stereocenters. The Balaban J connectivity index is 1.86. The summed E-state index contributed by atoms with van der Waals surface area (Å²) < 4.78 is 5.67. The molecule has 26 N–H and O–H groups in total. The molecule has 43 heteroatoms. The number of H-pyrrole nitrogens is 1. The number of primary amides is 2. The number of carboxylic acids is 3. The monoisotopic (exact) mass is 1600 g/mol. The number of aliphatic carboxylic acids is 3. The van der Waals surface area contributed by atoms with Crippen molar-refractivity contribution >= 4 is 135 Å². The average Bonchev–Trinajstić information content (AvgIpc) is 1.64. The van der Waals surface area contributed by atoms with Crippen molar-refractivity contribution in [2.24, 2.45) is 17.2 Å². The number of hydrogen-bond acceptors (Lipinski definition) is 24. The minimum absolute atomic E-state index is 0.0145. The molecule has 2 heterocycles. The number of para-hydroxylation sites is 2. The van der Waals surface area contributed by atoms with Gasteiger partial charge in [0, 0.05) is 54.0 Å². The molecule has 624 valence electrons. The molecule has 0 aliphatic carbocycles. The zero-order valence-electron chi connectivity index (χ0n) is 62.9. The van der Waals surface area contributed by atoms with Crippen LogP contribution >= 0.6 is 0 Å². The third-order valence-electron chi connectivity index (χ3n) is 17.5. The van der Waals surface area contributed by atoms with E-state index in [0.29, 0.717) is 29.3 Å². The zero-order valence-corrected chi connectivity index (χ0v) is 62.9. The van der Waals surface area contributed by atoms with E-state index in [-0.39, 0.29) is 43.5 Å². The Morgan fingerprint density at radius 3 is 1.65 bits per heavy atom. The van der Waals surface area contributed by atoms with E-state index in [1.807, 2.05) is 16.0 Å². The number of benzene rings is 2. The van der Waals surface area contributed by atoms with Crippen LogP contribution in [-0.4, -0.2) is 242 Å². The predicted molar refractivity (Wildman–Crippen MR) is 397 cm³/mol. The summed E-state index contributed by atoms with van der Waals surface area (Å²) in [4.78, 5) is 275. The van der Waals surface area contributed by atoms with E-state index in [1.165, 1.54) is 24.3 Å². The van der Waals surface area contributed by atoms with E-state index < -0.39 is 255 Å². The molecule has 0 radical (unpaired) electrons. The fourth-order valence-corrected chi connectivity index (χ4v) is 11.5. The quantitative estimate of drug-likeness (QED) is 0.0113. The van der Waals surface area contributed by atoms with E-state index in [4.69, 9.17) is 27.7 Å². The van der Waals surface area contributed by atoms with E-state index in [2.05, 4.69) is 65.1 Å². The van der Waals surface area contributed by atoms with Crippen molar-refractivity contribution in [3.05, 3.63) is 65.9 Å². The Morgan fingerprint density at radius 1 is 0.526 bits per heavy atom. The number of hydrogen-bond donors (Lipinski definition) is 22.